The number of rotatable bonds is 5. The Balaban J connectivity index is 1.84. The van der Waals surface area contributed by atoms with E-state index in [1.807, 2.05) is 31.5 Å². The van der Waals surface area contributed by atoms with Gasteiger partial charge in [-0.05, 0) is 31.9 Å². The molecule has 1 aliphatic rings. The second-order valence-corrected chi connectivity index (χ2v) is 4.19. The van der Waals surface area contributed by atoms with Crippen molar-refractivity contribution in [2.75, 3.05) is 31.4 Å². The number of anilines is 1. The Labute approximate surface area is 103 Å². The fraction of sp³-hybridized carbons (Fsp3) is 0.615. The third-order valence-corrected chi connectivity index (χ3v) is 3.00. The van der Waals surface area contributed by atoms with Crippen LogP contribution in [0.5, 0.6) is 0 Å². The summed E-state index contributed by atoms with van der Waals surface area (Å²) in [5.74, 6) is 0. The van der Waals surface area contributed by atoms with Crippen molar-refractivity contribution in [1.82, 2.24) is 4.98 Å². The molecule has 2 heterocycles. The van der Waals surface area contributed by atoms with Gasteiger partial charge in [0.1, 0.15) is 6.79 Å². The van der Waals surface area contributed by atoms with Crippen molar-refractivity contribution in [2.24, 2.45) is 0 Å². The average Bonchev–Trinajstić information content (AvgIpc) is 2.41. The standard InChI is InChI=1S/C13H20N2O2/c1-2-16-11-17-13-4-3-9-15(10-13)12-5-7-14-8-6-12/h5-8,13H,2-4,9-11H2,1H3. The first kappa shape index (κ1) is 12.3. The van der Waals surface area contributed by atoms with Crippen molar-refractivity contribution in [3.63, 3.8) is 0 Å². The van der Waals surface area contributed by atoms with Gasteiger partial charge in [0.2, 0.25) is 0 Å². The Morgan fingerprint density at radius 3 is 3.00 bits per heavy atom. The molecule has 0 aliphatic carbocycles. The van der Waals surface area contributed by atoms with E-state index >= 15 is 0 Å². The average molecular weight is 236 g/mol. The summed E-state index contributed by atoms with van der Waals surface area (Å²) in [6, 6.07) is 4.09. The second kappa shape index (κ2) is 6.57. The van der Waals surface area contributed by atoms with E-state index in [1.54, 1.807) is 0 Å². The molecule has 17 heavy (non-hydrogen) atoms. The topological polar surface area (TPSA) is 34.6 Å². The van der Waals surface area contributed by atoms with E-state index in [2.05, 4.69) is 9.88 Å². The Morgan fingerprint density at radius 2 is 2.24 bits per heavy atom. The van der Waals surface area contributed by atoms with Gasteiger partial charge in [0.15, 0.2) is 0 Å². The van der Waals surface area contributed by atoms with Crippen LogP contribution in [0.1, 0.15) is 19.8 Å². The van der Waals surface area contributed by atoms with Crippen molar-refractivity contribution in [1.29, 1.82) is 0 Å². The zero-order chi connectivity index (χ0) is 11.9. The van der Waals surface area contributed by atoms with Crippen LogP contribution in [0.3, 0.4) is 0 Å². The molecule has 2 rings (SSSR count). The number of pyridine rings is 1. The quantitative estimate of drug-likeness (QED) is 0.579. The van der Waals surface area contributed by atoms with Crippen LogP contribution in [0, 0.1) is 0 Å². The number of nitrogens with zero attached hydrogens (tertiary/aromatic N) is 2. The second-order valence-electron chi connectivity index (χ2n) is 4.19. The predicted molar refractivity (Wildman–Crippen MR) is 67.1 cm³/mol. The summed E-state index contributed by atoms with van der Waals surface area (Å²) in [4.78, 5) is 6.39. The summed E-state index contributed by atoms with van der Waals surface area (Å²) >= 11 is 0. The molecule has 1 unspecified atom stereocenters. The monoisotopic (exact) mass is 236 g/mol. The van der Waals surface area contributed by atoms with Crippen molar-refractivity contribution in [2.45, 2.75) is 25.9 Å². The molecule has 1 aliphatic heterocycles. The lowest BCUT2D eigenvalue weighted by atomic mass is 10.1. The maximum Gasteiger partial charge on any atom is 0.147 e. The largest absolute Gasteiger partial charge is 0.369 e. The first-order valence-corrected chi connectivity index (χ1v) is 6.24. The molecular formula is C13H20N2O2. The molecule has 94 valence electrons. The van der Waals surface area contributed by atoms with E-state index in [4.69, 9.17) is 9.47 Å². The summed E-state index contributed by atoms with van der Waals surface area (Å²) in [5.41, 5.74) is 1.23. The Morgan fingerprint density at radius 1 is 1.41 bits per heavy atom. The van der Waals surface area contributed by atoms with Crippen molar-refractivity contribution in [3.05, 3.63) is 24.5 Å². The fourth-order valence-corrected chi connectivity index (χ4v) is 2.09. The van der Waals surface area contributed by atoms with Gasteiger partial charge >= 0.3 is 0 Å². The summed E-state index contributed by atoms with van der Waals surface area (Å²) < 4.78 is 10.9. The minimum absolute atomic E-state index is 0.281. The molecule has 1 aromatic rings. The maximum atomic E-state index is 5.70. The zero-order valence-electron chi connectivity index (χ0n) is 10.3. The van der Waals surface area contributed by atoms with Gasteiger partial charge in [-0.2, -0.15) is 0 Å². The van der Waals surface area contributed by atoms with Gasteiger partial charge in [0, 0.05) is 37.8 Å². The third kappa shape index (κ3) is 3.68. The van der Waals surface area contributed by atoms with E-state index < -0.39 is 0 Å². The molecule has 0 N–H and O–H groups in total. The Hall–Kier alpha value is -1.13. The van der Waals surface area contributed by atoms with E-state index in [0.29, 0.717) is 13.4 Å². The van der Waals surface area contributed by atoms with Crippen LogP contribution in [0.2, 0.25) is 0 Å². The van der Waals surface area contributed by atoms with Gasteiger partial charge in [-0.1, -0.05) is 0 Å². The number of ether oxygens (including phenoxy) is 2. The number of piperidine rings is 1. The Bertz CT molecular complexity index is 318. The molecule has 1 fully saturated rings. The number of hydrogen-bond donors (Lipinski definition) is 0. The van der Waals surface area contributed by atoms with Gasteiger partial charge in [-0.25, -0.2) is 0 Å². The van der Waals surface area contributed by atoms with Gasteiger partial charge < -0.3 is 14.4 Å². The normalized spacial score (nSPS) is 20.5. The zero-order valence-corrected chi connectivity index (χ0v) is 10.3. The summed E-state index contributed by atoms with van der Waals surface area (Å²) in [7, 11) is 0. The van der Waals surface area contributed by atoms with Gasteiger partial charge in [0.25, 0.3) is 0 Å². The Kier molecular flexibility index (Phi) is 4.76. The van der Waals surface area contributed by atoms with E-state index in [9.17, 15) is 0 Å². The first-order chi connectivity index (χ1) is 8.40. The highest BCUT2D eigenvalue weighted by Crippen LogP contribution is 2.20. The molecular weight excluding hydrogens is 216 g/mol. The van der Waals surface area contributed by atoms with Crippen LogP contribution in [0.15, 0.2) is 24.5 Å². The predicted octanol–water partition coefficient (Wildman–Crippen LogP) is 2.06. The van der Waals surface area contributed by atoms with Crippen molar-refractivity contribution < 1.29 is 9.47 Å². The maximum absolute atomic E-state index is 5.70. The summed E-state index contributed by atoms with van der Waals surface area (Å²) in [6.07, 6.45) is 6.23. The fourth-order valence-electron chi connectivity index (χ4n) is 2.09. The molecule has 4 heteroatoms. The molecule has 1 atom stereocenters. The highest BCUT2D eigenvalue weighted by atomic mass is 16.7. The van der Waals surface area contributed by atoms with E-state index in [1.165, 1.54) is 12.1 Å². The van der Waals surface area contributed by atoms with E-state index in [-0.39, 0.29) is 6.10 Å². The van der Waals surface area contributed by atoms with Gasteiger partial charge in [-0.3, -0.25) is 4.98 Å². The lowest BCUT2D eigenvalue weighted by Gasteiger charge is -2.34. The van der Waals surface area contributed by atoms with Crippen LogP contribution in [0.4, 0.5) is 5.69 Å². The molecule has 0 amide bonds. The molecule has 4 nitrogen and oxygen atoms in total. The number of aromatic nitrogens is 1. The van der Waals surface area contributed by atoms with Crippen LogP contribution < -0.4 is 4.90 Å². The summed E-state index contributed by atoms with van der Waals surface area (Å²) in [6.45, 7) is 5.13. The van der Waals surface area contributed by atoms with Crippen LogP contribution in [-0.4, -0.2) is 37.6 Å². The van der Waals surface area contributed by atoms with Crippen LogP contribution >= 0.6 is 0 Å². The summed E-state index contributed by atoms with van der Waals surface area (Å²) in [5, 5.41) is 0. The van der Waals surface area contributed by atoms with E-state index in [0.717, 1.165) is 19.5 Å². The molecule has 0 spiro atoms. The minimum atomic E-state index is 0.281. The van der Waals surface area contributed by atoms with Crippen LogP contribution in [-0.2, 0) is 9.47 Å². The highest BCUT2D eigenvalue weighted by Gasteiger charge is 2.20. The van der Waals surface area contributed by atoms with Crippen molar-refractivity contribution >= 4 is 5.69 Å². The third-order valence-electron chi connectivity index (χ3n) is 3.00. The van der Waals surface area contributed by atoms with Crippen molar-refractivity contribution in [3.8, 4) is 0 Å². The molecule has 1 aromatic heterocycles. The molecule has 0 saturated carbocycles. The lowest BCUT2D eigenvalue weighted by molar-refractivity contribution is -0.0884. The SMILES string of the molecule is CCOCOC1CCCN(c2ccncc2)C1. The minimum Gasteiger partial charge on any atom is -0.369 e. The molecule has 0 radical (unpaired) electrons. The smallest absolute Gasteiger partial charge is 0.147 e. The highest BCUT2D eigenvalue weighted by molar-refractivity contribution is 5.45. The molecule has 1 saturated heterocycles. The van der Waals surface area contributed by atoms with Gasteiger partial charge in [0.05, 0.1) is 6.10 Å². The van der Waals surface area contributed by atoms with Gasteiger partial charge in [-0.15, -0.1) is 0 Å². The molecule has 0 aromatic carbocycles. The number of hydrogen-bond acceptors (Lipinski definition) is 4. The molecule has 0 bridgehead atoms. The first-order valence-electron chi connectivity index (χ1n) is 6.24. The van der Waals surface area contributed by atoms with Crippen LogP contribution in [0.25, 0.3) is 0 Å². The lowest BCUT2D eigenvalue weighted by Crippen LogP contribution is -2.40.